The number of rotatable bonds is 6. The summed E-state index contributed by atoms with van der Waals surface area (Å²) in [5.41, 5.74) is 0.566. The lowest BCUT2D eigenvalue weighted by atomic mass is 10.2. The maximum absolute atomic E-state index is 13.9. The van der Waals surface area contributed by atoms with Gasteiger partial charge in [-0.25, -0.2) is 4.39 Å². The van der Waals surface area contributed by atoms with E-state index in [1.807, 2.05) is 0 Å². The molecule has 1 aromatic carbocycles. The molecule has 19 heavy (non-hydrogen) atoms. The summed E-state index contributed by atoms with van der Waals surface area (Å²) >= 11 is 5.53. The van der Waals surface area contributed by atoms with Crippen molar-refractivity contribution in [2.45, 2.75) is 37.9 Å². The van der Waals surface area contributed by atoms with E-state index in [0.29, 0.717) is 5.69 Å². The Balaban J connectivity index is 2.06. The lowest BCUT2D eigenvalue weighted by molar-refractivity contribution is 0.200. The molecule has 106 valence electrons. The van der Waals surface area contributed by atoms with Crippen LogP contribution < -0.4 is 10.1 Å². The van der Waals surface area contributed by atoms with Crippen molar-refractivity contribution in [3.05, 3.63) is 24.0 Å². The molecule has 1 atom stereocenters. The predicted molar refractivity (Wildman–Crippen MR) is 74.5 cm³/mol. The van der Waals surface area contributed by atoms with Gasteiger partial charge in [0.1, 0.15) is 0 Å². The van der Waals surface area contributed by atoms with Crippen LogP contribution in [0.5, 0.6) is 5.75 Å². The number of hydrogen-bond acceptors (Lipinski definition) is 3. The molecule has 0 aliphatic heterocycles. The van der Waals surface area contributed by atoms with Crippen molar-refractivity contribution in [3.8, 4) is 5.75 Å². The van der Waals surface area contributed by atoms with E-state index in [9.17, 15) is 9.50 Å². The number of aliphatic hydroxyl groups is 1. The third-order valence-corrected chi connectivity index (χ3v) is 3.62. The van der Waals surface area contributed by atoms with Gasteiger partial charge in [-0.2, -0.15) is 0 Å². The zero-order chi connectivity index (χ0) is 13.7. The number of hydrogen-bond donors (Lipinski definition) is 2. The monoisotopic (exact) mass is 287 g/mol. The van der Waals surface area contributed by atoms with Crippen LogP contribution in [0.2, 0.25) is 0 Å². The molecule has 0 amide bonds. The van der Waals surface area contributed by atoms with Crippen LogP contribution in [0.15, 0.2) is 18.2 Å². The zero-order valence-electron chi connectivity index (χ0n) is 10.7. The van der Waals surface area contributed by atoms with E-state index < -0.39 is 6.10 Å². The summed E-state index contributed by atoms with van der Waals surface area (Å²) < 4.78 is 19.6. The SMILES string of the molecule is OC(CCl)CNc1cccc(F)c1OC1CCCC1. The highest BCUT2D eigenvalue weighted by molar-refractivity contribution is 6.18. The molecule has 1 aliphatic carbocycles. The average molecular weight is 288 g/mol. The number of para-hydroxylation sites is 1. The van der Waals surface area contributed by atoms with Gasteiger partial charge in [0.05, 0.1) is 23.8 Å². The first-order valence-electron chi connectivity index (χ1n) is 6.63. The van der Waals surface area contributed by atoms with Gasteiger partial charge in [0.2, 0.25) is 0 Å². The normalized spacial score (nSPS) is 17.4. The minimum absolute atomic E-state index is 0.0930. The molecule has 1 saturated carbocycles. The van der Waals surface area contributed by atoms with E-state index in [1.54, 1.807) is 12.1 Å². The summed E-state index contributed by atoms with van der Waals surface area (Å²) in [4.78, 5) is 0. The van der Waals surface area contributed by atoms with Gasteiger partial charge in [0.25, 0.3) is 0 Å². The third kappa shape index (κ3) is 3.98. The molecule has 0 heterocycles. The van der Waals surface area contributed by atoms with Gasteiger partial charge in [-0.15, -0.1) is 11.6 Å². The van der Waals surface area contributed by atoms with Crippen molar-refractivity contribution < 1.29 is 14.2 Å². The molecule has 0 bridgehead atoms. The maximum atomic E-state index is 13.9. The average Bonchev–Trinajstić information content (AvgIpc) is 2.92. The molecule has 0 saturated heterocycles. The van der Waals surface area contributed by atoms with Gasteiger partial charge in [0.15, 0.2) is 11.6 Å². The second-order valence-corrected chi connectivity index (χ2v) is 5.14. The number of halogens is 2. The molecule has 5 heteroatoms. The van der Waals surface area contributed by atoms with E-state index in [1.165, 1.54) is 6.07 Å². The number of anilines is 1. The molecule has 3 nitrogen and oxygen atoms in total. The van der Waals surface area contributed by atoms with Gasteiger partial charge in [-0.3, -0.25) is 0 Å². The zero-order valence-corrected chi connectivity index (χ0v) is 11.5. The summed E-state index contributed by atoms with van der Waals surface area (Å²) in [5.74, 6) is 0.00893. The van der Waals surface area contributed by atoms with Gasteiger partial charge >= 0.3 is 0 Å². The molecule has 1 unspecified atom stereocenters. The van der Waals surface area contributed by atoms with Crippen molar-refractivity contribution in [2.24, 2.45) is 0 Å². The van der Waals surface area contributed by atoms with E-state index in [2.05, 4.69) is 5.32 Å². The smallest absolute Gasteiger partial charge is 0.178 e. The van der Waals surface area contributed by atoms with Crippen molar-refractivity contribution in [1.29, 1.82) is 0 Å². The molecule has 0 radical (unpaired) electrons. The van der Waals surface area contributed by atoms with E-state index in [0.717, 1.165) is 25.7 Å². The topological polar surface area (TPSA) is 41.5 Å². The van der Waals surface area contributed by atoms with Crippen LogP contribution in [0.25, 0.3) is 0 Å². The Bertz CT molecular complexity index is 410. The van der Waals surface area contributed by atoms with E-state index in [-0.39, 0.29) is 30.1 Å². The second-order valence-electron chi connectivity index (χ2n) is 4.83. The van der Waals surface area contributed by atoms with Crippen molar-refractivity contribution in [2.75, 3.05) is 17.7 Å². The molecular formula is C14H19ClFNO2. The number of aliphatic hydroxyl groups excluding tert-OH is 1. The molecule has 1 aliphatic rings. The molecule has 2 N–H and O–H groups in total. The molecule has 2 rings (SSSR count). The highest BCUT2D eigenvalue weighted by atomic mass is 35.5. The number of ether oxygens (including phenoxy) is 1. The number of alkyl halides is 1. The van der Waals surface area contributed by atoms with Crippen molar-refractivity contribution in [3.63, 3.8) is 0 Å². The predicted octanol–water partition coefficient (Wildman–Crippen LogP) is 3.16. The van der Waals surface area contributed by atoms with Crippen LogP contribution in [0.1, 0.15) is 25.7 Å². The van der Waals surface area contributed by atoms with Crippen molar-refractivity contribution in [1.82, 2.24) is 0 Å². The maximum Gasteiger partial charge on any atom is 0.178 e. The minimum atomic E-state index is -0.663. The van der Waals surface area contributed by atoms with Gasteiger partial charge in [-0.05, 0) is 37.8 Å². The van der Waals surface area contributed by atoms with Gasteiger partial charge < -0.3 is 15.2 Å². The van der Waals surface area contributed by atoms with Crippen LogP contribution in [-0.2, 0) is 0 Å². The number of benzene rings is 1. The Morgan fingerprint density at radius 3 is 2.84 bits per heavy atom. The van der Waals surface area contributed by atoms with Gasteiger partial charge in [-0.1, -0.05) is 6.07 Å². The first-order chi connectivity index (χ1) is 9.20. The molecule has 1 fully saturated rings. The summed E-state index contributed by atoms with van der Waals surface area (Å²) in [7, 11) is 0. The fourth-order valence-electron chi connectivity index (χ4n) is 2.22. The first kappa shape index (κ1) is 14.4. The summed E-state index contributed by atoms with van der Waals surface area (Å²) in [5, 5.41) is 12.4. The summed E-state index contributed by atoms with van der Waals surface area (Å²) in [6.07, 6.45) is 3.63. The highest BCUT2D eigenvalue weighted by Crippen LogP contribution is 2.32. The lowest BCUT2D eigenvalue weighted by Crippen LogP contribution is -2.22. The van der Waals surface area contributed by atoms with E-state index >= 15 is 0 Å². The highest BCUT2D eigenvalue weighted by Gasteiger charge is 2.20. The minimum Gasteiger partial charge on any atom is -0.485 e. The molecular weight excluding hydrogens is 269 g/mol. The van der Waals surface area contributed by atoms with Crippen LogP contribution in [0.3, 0.4) is 0 Å². The van der Waals surface area contributed by atoms with Crippen LogP contribution in [-0.4, -0.2) is 29.7 Å². The van der Waals surface area contributed by atoms with Gasteiger partial charge in [0, 0.05) is 6.54 Å². The van der Waals surface area contributed by atoms with E-state index in [4.69, 9.17) is 16.3 Å². The Morgan fingerprint density at radius 2 is 2.16 bits per heavy atom. The quantitative estimate of drug-likeness (QED) is 0.790. The third-order valence-electron chi connectivity index (χ3n) is 3.26. The molecule has 0 aromatic heterocycles. The lowest BCUT2D eigenvalue weighted by Gasteiger charge is -2.18. The summed E-state index contributed by atoms with van der Waals surface area (Å²) in [6, 6.07) is 4.74. The standard InChI is InChI=1S/C14H19ClFNO2/c15-8-10(18)9-17-13-7-3-6-12(16)14(13)19-11-4-1-2-5-11/h3,6-7,10-11,17-18H,1-2,4-5,8-9H2. The van der Waals surface area contributed by atoms with Crippen LogP contribution in [0.4, 0.5) is 10.1 Å². The second kappa shape index (κ2) is 6.96. The fraction of sp³-hybridized carbons (Fsp3) is 0.571. The number of nitrogens with one attached hydrogen (secondary N) is 1. The Hall–Kier alpha value is -1.00. The van der Waals surface area contributed by atoms with Crippen LogP contribution >= 0.6 is 11.6 Å². The summed E-state index contributed by atoms with van der Waals surface area (Å²) in [6.45, 7) is 0.272. The Labute approximate surface area is 117 Å². The largest absolute Gasteiger partial charge is 0.485 e. The molecule has 0 spiro atoms. The van der Waals surface area contributed by atoms with Crippen LogP contribution in [0, 0.1) is 5.82 Å². The molecule has 1 aromatic rings. The van der Waals surface area contributed by atoms with Crippen molar-refractivity contribution >= 4 is 17.3 Å². The Kier molecular flexibility index (Phi) is 5.28. The fourth-order valence-corrected chi connectivity index (χ4v) is 2.33. The first-order valence-corrected chi connectivity index (χ1v) is 7.17. The Morgan fingerprint density at radius 1 is 1.42 bits per heavy atom.